The molecule has 21 heavy (non-hydrogen) atoms. The normalized spacial score (nSPS) is 13.4. The average molecular weight is 284 g/mol. The summed E-state index contributed by atoms with van der Waals surface area (Å²) in [5, 5.41) is 6.14. The van der Waals surface area contributed by atoms with Crippen LogP contribution in [0.2, 0.25) is 0 Å². The van der Waals surface area contributed by atoms with E-state index in [1.807, 2.05) is 22.9 Å². The highest BCUT2D eigenvalue weighted by Gasteiger charge is 2.16. The van der Waals surface area contributed by atoms with E-state index in [-0.39, 0.29) is 5.91 Å². The molecule has 2 aromatic rings. The van der Waals surface area contributed by atoms with Crippen molar-refractivity contribution < 1.29 is 4.79 Å². The smallest absolute Gasteiger partial charge is 0.271 e. The Balaban J connectivity index is 1.57. The summed E-state index contributed by atoms with van der Waals surface area (Å²) in [7, 11) is 0. The monoisotopic (exact) mass is 284 g/mol. The minimum atomic E-state index is -0.104. The van der Waals surface area contributed by atoms with E-state index in [0.29, 0.717) is 12.2 Å². The molecule has 0 aliphatic carbocycles. The van der Waals surface area contributed by atoms with E-state index in [1.165, 1.54) is 11.1 Å². The fourth-order valence-corrected chi connectivity index (χ4v) is 2.58. The van der Waals surface area contributed by atoms with Gasteiger partial charge in [-0.3, -0.25) is 4.79 Å². The number of amides is 1. The van der Waals surface area contributed by atoms with Crippen molar-refractivity contribution in [1.82, 2.24) is 14.9 Å². The largest absolute Gasteiger partial charge is 0.356 e. The Labute approximate surface area is 124 Å². The van der Waals surface area contributed by atoms with Gasteiger partial charge in [-0.2, -0.15) is 0 Å². The van der Waals surface area contributed by atoms with Crippen LogP contribution >= 0.6 is 0 Å². The van der Waals surface area contributed by atoms with Gasteiger partial charge in [0.15, 0.2) is 0 Å². The second kappa shape index (κ2) is 5.99. The van der Waals surface area contributed by atoms with Crippen LogP contribution in [0.15, 0.2) is 30.5 Å². The molecular formula is C16H20N4O. The van der Waals surface area contributed by atoms with Crippen LogP contribution < -0.4 is 10.6 Å². The molecule has 0 bridgehead atoms. The molecule has 0 saturated carbocycles. The number of nitrogens with zero attached hydrogens (tertiary/aromatic N) is 2. The standard InChI is InChI=1S/C16H20N4O/c1-12-5-2-3-6-13(12)7-9-17-15(21)14-11-20-10-4-8-18-16(20)19-14/h2-3,5-6,11H,4,7-10H2,1H3,(H,17,21)(H,18,19). The van der Waals surface area contributed by atoms with Crippen molar-refractivity contribution in [2.75, 3.05) is 18.4 Å². The van der Waals surface area contributed by atoms with Crippen molar-refractivity contribution in [3.05, 3.63) is 47.3 Å². The molecule has 5 heteroatoms. The average Bonchev–Trinajstić information content (AvgIpc) is 2.93. The van der Waals surface area contributed by atoms with Gasteiger partial charge in [-0.1, -0.05) is 24.3 Å². The second-order valence-corrected chi connectivity index (χ2v) is 5.36. The number of anilines is 1. The zero-order valence-electron chi connectivity index (χ0n) is 12.2. The molecule has 1 aliphatic heterocycles. The Morgan fingerprint density at radius 2 is 2.29 bits per heavy atom. The van der Waals surface area contributed by atoms with Gasteiger partial charge < -0.3 is 15.2 Å². The first-order chi connectivity index (χ1) is 10.2. The number of fused-ring (bicyclic) bond motifs is 1. The van der Waals surface area contributed by atoms with E-state index in [4.69, 9.17) is 0 Å². The first-order valence-corrected chi connectivity index (χ1v) is 7.38. The van der Waals surface area contributed by atoms with E-state index in [1.54, 1.807) is 0 Å². The van der Waals surface area contributed by atoms with Crippen molar-refractivity contribution in [2.24, 2.45) is 0 Å². The van der Waals surface area contributed by atoms with Gasteiger partial charge in [0.1, 0.15) is 5.69 Å². The molecule has 0 unspecified atom stereocenters. The number of rotatable bonds is 4. The van der Waals surface area contributed by atoms with E-state index >= 15 is 0 Å². The van der Waals surface area contributed by atoms with Gasteiger partial charge in [0.05, 0.1) is 0 Å². The minimum Gasteiger partial charge on any atom is -0.356 e. The Morgan fingerprint density at radius 3 is 3.10 bits per heavy atom. The lowest BCUT2D eigenvalue weighted by Crippen LogP contribution is -2.26. The van der Waals surface area contributed by atoms with Crippen molar-refractivity contribution in [3.63, 3.8) is 0 Å². The van der Waals surface area contributed by atoms with Crippen LogP contribution in [0.4, 0.5) is 5.95 Å². The molecule has 1 aromatic heterocycles. The van der Waals surface area contributed by atoms with Crippen molar-refractivity contribution in [3.8, 4) is 0 Å². The van der Waals surface area contributed by atoms with E-state index in [0.717, 1.165) is 31.9 Å². The summed E-state index contributed by atoms with van der Waals surface area (Å²) in [4.78, 5) is 16.5. The molecule has 0 fully saturated rings. The third kappa shape index (κ3) is 3.07. The molecule has 110 valence electrons. The van der Waals surface area contributed by atoms with Gasteiger partial charge in [-0.15, -0.1) is 0 Å². The SMILES string of the molecule is Cc1ccccc1CCNC(=O)c1cn2c(n1)NCCC2. The number of benzene rings is 1. The molecule has 0 saturated heterocycles. The summed E-state index contributed by atoms with van der Waals surface area (Å²) in [6, 6.07) is 8.24. The molecule has 1 aliphatic rings. The molecule has 3 rings (SSSR count). The predicted molar refractivity (Wildman–Crippen MR) is 82.5 cm³/mol. The third-order valence-corrected chi connectivity index (χ3v) is 3.81. The second-order valence-electron chi connectivity index (χ2n) is 5.36. The quantitative estimate of drug-likeness (QED) is 0.902. The summed E-state index contributed by atoms with van der Waals surface area (Å²) in [6.07, 6.45) is 3.73. The minimum absolute atomic E-state index is 0.104. The van der Waals surface area contributed by atoms with Gasteiger partial charge in [-0.25, -0.2) is 4.98 Å². The highest BCUT2D eigenvalue weighted by Crippen LogP contribution is 2.14. The van der Waals surface area contributed by atoms with Crippen molar-refractivity contribution >= 4 is 11.9 Å². The maximum Gasteiger partial charge on any atom is 0.271 e. The van der Waals surface area contributed by atoms with Crippen LogP contribution in [-0.2, 0) is 13.0 Å². The number of carbonyl (C=O) groups is 1. The van der Waals surface area contributed by atoms with E-state index in [2.05, 4.69) is 34.7 Å². The fraction of sp³-hybridized carbons (Fsp3) is 0.375. The molecule has 0 spiro atoms. The third-order valence-electron chi connectivity index (χ3n) is 3.81. The first-order valence-electron chi connectivity index (χ1n) is 7.38. The molecule has 1 aromatic carbocycles. The number of aryl methyl sites for hydroxylation is 2. The zero-order valence-corrected chi connectivity index (χ0v) is 12.2. The molecule has 5 nitrogen and oxygen atoms in total. The van der Waals surface area contributed by atoms with Crippen LogP contribution in [0.5, 0.6) is 0 Å². The Kier molecular flexibility index (Phi) is 3.90. The maximum atomic E-state index is 12.1. The lowest BCUT2D eigenvalue weighted by Gasteiger charge is -2.14. The van der Waals surface area contributed by atoms with E-state index in [9.17, 15) is 4.79 Å². The number of imidazole rings is 1. The Morgan fingerprint density at radius 1 is 1.43 bits per heavy atom. The summed E-state index contributed by atoms with van der Waals surface area (Å²) in [5.74, 6) is 0.692. The van der Waals surface area contributed by atoms with E-state index < -0.39 is 0 Å². The highest BCUT2D eigenvalue weighted by atomic mass is 16.1. The lowest BCUT2D eigenvalue weighted by molar-refractivity contribution is 0.0949. The molecule has 0 radical (unpaired) electrons. The van der Waals surface area contributed by atoms with Gasteiger partial charge in [-0.05, 0) is 30.9 Å². The highest BCUT2D eigenvalue weighted by molar-refractivity contribution is 5.92. The maximum absolute atomic E-state index is 12.1. The van der Waals surface area contributed by atoms with Gasteiger partial charge in [0.25, 0.3) is 5.91 Å². The number of aromatic nitrogens is 2. The van der Waals surface area contributed by atoms with Gasteiger partial charge in [0, 0.05) is 25.8 Å². The number of hydrogen-bond acceptors (Lipinski definition) is 3. The zero-order chi connectivity index (χ0) is 14.7. The van der Waals surface area contributed by atoms with Gasteiger partial charge >= 0.3 is 0 Å². The molecule has 1 amide bonds. The first kappa shape index (κ1) is 13.7. The summed E-state index contributed by atoms with van der Waals surface area (Å²) >= 11 is 0. The van der Waals surface area contributed by atoms with Crippen LogP contribution in [0.1, 0.15) is 28.0 Å². The van der Waals surface area contributed by atoms with Crippen molar-refractivity contribution in [2.45, 2.75) is 26.3 Å². The molecule has 0 atom stereocenters. The number of carbonyl (C=O) groups excluding carboxylic acids is 1. The van der Waals surface area contributed by atoms with Crippen LogP contribution in [-0.4, -0.2) is 28.5 Å². The number of hydrogen-bond donors (Lipinski definition) is 2. The Hall–Kier alpha value is -2.30. The topological polar surface area (TPSA) is 59.0 Å². The summed E-state index contributed by atoms with van der Waals surface area (Å²) in [5.41, 5.74) is 3.01. The summed E-state index contributed by atoms with van der Waals surface area (Å²) in [6.45, 7) is 4.56. The van der Waals surface area contributed by atoms with Crippen LogP contribution in [0.25, 0.3) is 0 Å². The molecular weight excluding hydrogens is 264 g/mol. The fourth-order valence-electron chi connectivity index (χ4n) is 2.58. The predicted octanol–water partition coefficient (Wildman–Crippen LogP) is 1.98. The molecule has 2 N–H and O–H groups in total. The summed E-state index contributed by atoms with van der Waals surface area (Å²) < 4.78 is 2.00. The van der Waals surface area contributed by atoms with Crippen molar-refractivity contribution in [1.29, 1.82) is 0 Å². The molecule has 2 heterocycles. The van der Waals surface area contributed by atoms with Crippen LogP contribution in [0, 0.1) is 6.92 Å². The Bertz CT molecular complexity index is 624. The van der Waals surface area contributed by atoms with Crippen LogP contribution in [0.3, 0.4) is 0 Å². The number of nitrogens with one attached hydrogen (secondary N) is 2. The lowest BCUT2D eigenvalue weighted by atomic mass is 10.1. The van der Waals surface area contributed by atoms with Gasteiger partial charge in [0.2, 0.25) is 5.95 Å².